The number of nitrogens with zero attached hydrogens (tertiary/aromatic N) is 2. The molecule has 0 radical (unpaired) electrons. The number of hydrogen-bond acceptors (Lipinski definition) is 1. The zero-order chi connectivity index (χ0) is 50.9. The first-order valence-electron chi connectivity index (χ1n) is 26.7. The average molecular weight is 979 g/mol. The van der Waals surface area contributed by atoms with Gasteiger partial charge in [-0.1, -0.05) is 237 Å². The van der Waals surface area contributed by atoms with Crippen LogP contribution in [0.3, 0.4) is 0 Å². The van der Waals surface area contributed by atoms with E-state index in [9.17, 15) is 0 Å². The Morgan fingerprint density at radius 2 is 0.688 bits per heavy atom. The topological polar surface area (TPSA) is 8.17 Å². The number of para-hydroxylation sites is 2. The van der Waals surface area contributed by atoms with Gasteiger partial charge >= 0.3 is 0 Å². The van der Waals surface area contributed by atoms with Crippen LogP contribution in [0.2, 0.25) is 0 Å². The monoisotopic (exact) mass is 978 g/mol. The molecule has 360 valence electrons. The summed E-state index contributed by atoms with van der Waals surface area (Å²) < 4.78 is 2.38. The maximum Gasteiger partial charge on any atom is 0.0714 e. The van der Waals surface area contributed by atoms with Gasteiger partial charge < -0.3 is 9.47 Å². The number of anilines is 3. The molecule has 0 fully saturated rings. The summed E-state index contributed by atoms with van der Waals surface area (Å²) in [6, 6.07) is 112. The van der Waals surface area contributed by atoms with Crippen LogP contribution in [0.25, 0.3) is 93.5 Å². The predicted molar refractivity (Wildman–Crippen MR) is 324 cm³/mol. The molecule has 2 heteroatoms. The third-order valence-corrected chi connectivity index (χ3v) is 16.3. The first kappa shape index (κ1) is 44.5. The summed E-state index contributed by atoms with van der Waals surface area (Å²) in [5, 5.41) is 7.46. The van der Waals surface area contributed by atoms with Crippen LogP contribution in [0.4, 0.5) is 17.1 Å². The highest BCUT2D eigenvalue weighted by Gasteiger charge is 2.46. The van der Waals surface area contributed by atoms with Crippen molar-refractivity contribution in [3.05, 3.63) is 326 Å². The SMILES string of the molecule is c1ccc(-c2c3ccccc3c(-c3ccc(N(c4ccc(-c5ccc6c(c5)c5ccccc5n6-c5ccccc5)cc4)c4ccc5c(c4)C(c4ccccc4)(c4ccccc4)c4ccccc4-5)cc3)c3ccccc23)cc1. The van der Waals surface area contributed by atoms with E-state index in [1.165, 1.54) is 105 Å². The zero-order valence-electron chi connectivity index (χ0n) is 42.3. The van der Waals surface area contributed by atoms with Crippen molar-refractivity contribution in [2.45, 2.75) is 5.41 Å². The van der Waals surface area contributed by atoms with Crippen LogP contribution < -0.4 is 4.90 Å². The number of aromatic nitrogens is 1. The highest BCUT2D eigenvalue weighted by atomic mass is 15.1. The van der Waals surface area contributed by atoms with Gasteiger partial charge in [-0.2, -0.15) is 0 Å². The number of rotatable bonds is 9. The maximum atomic E-state index is 2.47. The second-order valence-corrected chi connectivity index (χ2v) is 20.3. The molecule has 0 unspecified atom stereocenters. The average Bonchev–Trinajstić information content (AvgIpc) is 4.22. The van der Waals surface area contributed by atoms with E-state index in [4.69, 9.17) is 0 Å². The standard InChI is InChI=1S/C75H50N2/c1-5-21-52(22-6-1)73-64-31-13-15-33-66(64)74(67-34-16-14-32-65(67)73)53-39-44-59(45-40-53)76(58-42-37-51(38-43-58)54-41-48-72-68(49-54)63-30-18-20-36-71(63)77(72)57-27-11-4-12-28-57)60-46-47-62-61-29-17-19-35-69(61)75(70(62)50-60,55-23-7-2-8-24-55)56-25-9-3-10-26-56/h1-50H. The first-order valence-corrected chi connectivity index (χ1v) is 26.7. The Balaban J connectivity index is 0.908. The van der Waals surface area contributed by atoms with E-state index in [0.29, 0.717) is 0 Å². The van der Waals surface area contributed by atoms with E-state index < -0.39 is 5.41 Å². The normalized spacial score (nSPS) is 12.5. The smallest absolute Gasteiger partial charge is 0.0714 e. The highest BCUT2D eigenvalue weighted by molar-refractivity contribution is 6.21. The molecule has 0 amide bonds. The molecular formula is C75H50N2. The zero-order valence-corrected chi connectivity index (χ0v) is 42.3. The van der Waals surface area contributed by atoms with Crippen LogP contribution in [-0.4, -0.2) is 4.57 Å². The van der Waals surface area contributed by atoms with E-state index in [0.717, 1.165) is 28.3 Å². The molecule has 1 aliphatic rings. The van der Waals surface area contributed by atoms with Gasteiger partial charge in [-0.3, -0.25) is 0 Å². The lowest BCUT2D eigenvalue weighted by atomic mass is 9.67. The predicted octanol–water partition coefficient (Wildman–Crippen LogP) is 19.9. The molecule has 1 aliphatic carbocycles. The molecular weight excluding hydrogens is 929 g/mol. The quantitative estimate of drug-likeness (QED) is 0.131. The second-order valence-electron chi connectivity index (χ2n) is 20.3. The van der Waals surface area contributed by atoms with Crippen molar-refractivity contribution in [1.82, 2.24) is 4.57 Å². The Morgan fingerprint density at radius 1 is 0.260 bits per heavy atom. The summed E-state index contributed by atoms with van der Waals surface area (Å²) in [5.74, 6) is 0. The third kappa shape index (κ3) is 7.03. The fraction of sp³-hybridized carbons (Fsp3) is 0.0133. The molecule has 13 aromatic carbocycles. The molecule has 15 rings (SSSR count). The van der Waals surface area contributed by atoms with Crippen molar-refractivity contribution in [3.63, 3.8) is 0 Å². The van der Waals surface area contributed by atoms with Crippen LogP contribution in [0, 0.1) is 0 Å². The van der Waals surface area contributed by atoms with Gasteiger partial charge in [0.05, 0.1) is 16.4 Å². The van der Waals surface area contributed by atoms with Crippen LogP contribution in [-0.2, 0) is 5.41 Å². The summed E-state index contributed by atoms with van der Waals surface area (Å²) >= 11 is 0. The van der Waals surface area contributed by atoms with E-state index in [1.807, 2.05) is 0 Å². The third-order valence-electron chi connectivity index (χ3n) is 16.3. The summed E-state index contributed by atoms with van der Waals surface area (Å²) in [7, 11) is 0. The van der Waals surface area contributed by atoms with E-state index in [-0.39, 0.29) is 0 Å². The lowest BCUT2D eigenvalue weighted by molar-refractivity contribution is 0.768. The maximum absolute atomic E-state index is 2.47. The van der Waals surface area contributed by atoms with Crippen LogP contribution >= 0.6 is 0 Å². The lowest BCUT2D eigenvalue weighted by Crippen LogP contribution is -2.28. The van der Waals surface area contributed by atoms with E-state index >= 15 is 0 Å². The van der Waals surface area contributed by atoms with Gasteiger partial charge in [0.1, 0.15) is 0 Å². The van der Waals surface area contributed by atoms with Crippen molar-refractivity contribution >= 4 is 60.4 Å². The molecule has 14 aromatic rings. The van der Waals surface area contributed by atoms with Gasteiger partial charge in [0.15, 0.2) is 0 Å². The van der Waals surface area contributed by atoms with Crippen molar-refractivity contribution in [1.29, 1.82) is 0 Å². The van der Waals surface area contributed by atoms with Crippen molar-refractivity contribution < 1.29 is 0 Å². The molecule has 0 spiro atoms. The molecule has 0 saturated heterocycles. The minimum Gasteiger partial charge on any atom is -0.310 e. The molecule has 1 aromatic heterocycles. The summed E-state index contributed by atoms with van der Waals surface area (Å²) in [4.78, 5) is 2.45. The molecule has 77 heavy (non-hydrogen) atoms. The van der Waals surface area contributed by atoms with Crippen molar-refractivity contribution in [2.75, 3.05) is 4.90 Å². The van der Waals surface area contributed by atoms with Gasteiger partial charge in [0.25, 0.3) is 0 Å². The minimum absolute atomic E-state index is 0.542. The Kier molecular flexibility index (Phi) is 10.5. The van der Waals surface area contributed by atoms with E-state index in [1.54, 1.807) is 0 Å². The van der Waals surface area contributed by atoms with Gasteiger partial charge in [0, 0.05) is 33.5 Å². The molecule has 0 saturated carbocycles. The summed E-state index contributed by atoms with van der Waals surface area (Å²) in [5.41, 5.74) is 21.1. The van der Waals surface area contributed by atoms with Crippen LogP contribution in [0.1, 0.15) is 22.3 Å². The summed E-state index contributed by atoms with van der Waals surface area (Å²) in [6.07, 6.45) is 0. The first-order chi connectivity index (χ1) is 38.2. The fourth-order valence-electron chi connectivity index (χ4n) is 13.0. The van der Waals surface area contributed by atoms with Crippen molar-refractivity contribution in [2.24, 2.45) is 0 Å². The molecule has 0 atom stereocenters. The largest absolute Gasteiger partial charge is 0.310 e. The Hall–Kier alpha value is -10.0. The second kappa shape index (κ2) is 18.1. The lowest BCUT2D eigenvalue weighted by Gasteiger charge is -2.35. The van der Waals surface area contributed by atoms with E-state index in [2.05, 4.69) is 313 Å². The highest BCUT2D eigenvalue weighted by Crippen LogP contribution is 2.57. The van der Waals surface area contributed by atoms with Gasteiger partial charge in [0.2, 0.25) is 0 Å². The fourth-order valence-corrected chi connectivity index (χ4v) is 13.0. The Morgan fingerprint density at radius 3 is 1.29 bits per heavy atom. The van der Waals surface area contributed by atoms with Crippen LogP contribution in [0.5, 0.6) is 0 Å². The molecule has 0 aliphatic heterocycles. The minimum atomic E-state index is -0.542. The Labute approximate surface area is 448 Å². The molecule has 1 heterocycles. The van der Waals surface area contributed by atoms with Gasteiger partial charge in [-0.05, 0) is 155 Å². The van der Waals surface area contributed by atoms with Crippen molar-refractivity contribution in [3.8, 4) is 50.2 Å². The number of hydrogen-bond donors (Lipinski definition) is 0. The molecule has 0 bridgehead atoms. The molecule has 0 N–H and O–H groups in total. The number of fused-ring (bicyclic) bond motifs is 8. The number of benzene rings is 13. The van der Waals surface area contributed by atoms with Gasteiger partial charge in [-0.25, -0.2) is 0 Å². The molecule has 2 nitrogen and oxygen atoms in total. The Bertz CT molecular complexity index is 4420. The van der Waals surface area contributed by atoms with Crippen LogP contribution in [0.15, 0.2) is 303 Å². The summed E-state index contributed by atoms with van der Waals surface area (Å²) in [6.45, 7) is 0. The van der Waals surface area contributed by atoms with Gasteiger partial charge in [-0.15, -0.1) is 0 Å².